The third-order valence-corrected chi connectivity index (χ3v) is 3.25. The molecule has 1 rings (SSSR count). The number of aromatic nitrogens is 2. The summed E-state index contributed by atoms with van der Waals surface area (Å²) in [4.78, 5) is 0. The molecule has 1 aromatic heterocycles. The number of hydrogen-bond acceptors (Lipinski definition) is 3. The fraction of sp³-hybridized carbons (Fsp3) is 0.727. The van der Waals surface area contributed by atoms with E-state index in [2.05, 4.69) is 40.2 Å². The second-order valence-corrected chi connectivity index (χ2v) is 4.47. The van der Waals surface area contributed by atoms with Crippen LogP contribution in [-0.4, -0.2) is 29.5 Å². The molecule has 16 heavy (non-hydrogen) atoms. The lowest BCUT2D eigenvalue weighted by molar-refractivity contribution is 0.0468. The van der Waals surface area contributed by atoms with Crippen molar-refractivity contribution in [1.82, 2.24) is 15.1 Å². The molecule has 0 saturated heterocycles. The molecule has 0 aliphatic heterocycles. The Morgan fingerprint density at radius 3 is 2.75 bits per heavy atom. The summed E-state index contributed by atoms with van der Waals surface area (Å²) in [7, 11) is 1.94. The summed E-state index contributed by atoms with van der Waals surface area (Å²) in [5.74, 6) is 0. The Morgan fingerprint density at radius 1 is 1.56 bits per heavy atom. The minimum absolute atomic E-state index is 0.119. The highest BCUT2D eigenvalue weighted by atomic mass is 79.9. The minimum atomic E-state index is 0.119. The maximum Gasteiger partial charge on any atom is 0.0764 e. The summed E-state index contributed by atoms with van der Waals surface area (Å²) >= 11 is 3.54. The molecule has 0 aliphatic carbocycles. The lowest BCUT2D eigenvalue weighted by Gasteiger charge is -2.24. The van der Waals surface area contributed by atoms with Crippen LogP contribution in [0.5, 0.6) is 0 Å². The van der Waals surface area contributed by atoms with E-state index in [1.165, 1.54) is 0 Å². The van der Waals surface area contributed by atoms with Crippen molar-refractivity contribution in [2.24, 2.45) is 0 Å². The molecule has 0 aliphatic rings. The Kier molecular flexibility index (Phi) is 5.44. The standard InChI is InChI=1S/C11H20BrN3O/c1-5-15-11(9(12)7-14-15)10(13-4)8(3)16-6-2/h7-8,10,13H,5-6H2,1-4H3. The molecule has 0 fully saturated rings. The zero-order chi connectivity index (χ0) is 12.1. The van der Waals surface area contributed by atoms with Crippen molar-refractivity contribution in [2.75, 3.05) is 13.7 Å². The second kappa shape index (κ2) is 6.37. The molecule has 2 atom stereocenters. The first-order chi connectivity index (χ1) is 7.65. The van der Waals surface area contributed by atoms with Gasteiger partial charge in [0, 0.05) is 13.2 Å². The Balaban J connectivity index is 2.97. The van der Waals surface area contributed by atoms with Gasteiger partial charge in [0.05, 0.1) is 28.5 Å². The number of likely N-dealkylation sites (N-methyl/N-ethyl adjacent to an activating group) is 1. The Bertz CT molecular complexity index is 327. The summed E-state index contributed by atoms with van der Waals surface area (Å²) < 4.78 is 8.66. The van der Waals surface area contributed by atoms with E-state index in [1.807, 2.05) is 24.9 Å². The van der Waals surface area contributed by atoms with Crippen LogP contribution in [0.15, 0.2) is 10.7 Å². The van der Waals surface area contributed by atoms with Gasteiger partial charge in [-0.3, -0.25) is 4.68 Å². The van der Waals surface area contributed by atoms with Crippen LogP contribution >= 0.6 is 15.9 Å². The predicted octanol–water partition coefficient (Wildman–Crippen LogP) is 2.35. The number of halogens is 1. The third kappa shape index (κ3) is 2.84. The van der Waals surface area contributed by atoms with E-state index in [0.717, 1.165) is 23.3 Å². The van der Waals surface area contributed by atoms with Crippen LogP contribution in [0.25, 0.3) is 0 Å². The van der Waals surface area contributed by atoms with Crippen LogP contribution in [0.1, 0.15) is 32.5 Å². The van der Waals surface area contributed by atoms with Gasteiger partial charge in [-0.1, -0.05) is 0 Å². The number of aryl methyl sites for hydroxylation is 1. The fourth-order valence-corrected chi connectivity index (χ4v) is 2.43. The lowest BCUT2D eigenvalue weighted by atomic mass is 10.1. The van der Waals surface area contributed by atoms with E-state index in [4.69, 9.17) is 4.74 Å². The molecule has 4 nitrogen and oxygen atoms in total. The van der Waals surface area contributed by atoms with Gasteiger partial charge in [-0.05, 0) is 43.7 Å². The van der Waals surface area contributed by atoms with Gasteiger partial charge in [-0.15, -0.1) is 0 Å². The van der Waals surface area contributed by atoms with Crippen molar-refractivity contribution in [1.29, 1.82) is 0 Å². The van der Waals surface area contributed by atoms with Crippen molar-refractivity contribution < 1.29 is 4.74 Å². The molecule has 0 saturated carbocycles. The zero-order valence-corrected chi connectivity index (χ0v) is 11.9. The van der Waals surface area contributed by atoms with E-state index < -0.39 is 0 Å². The van der Waals surface area contributed by atoms with E-state index in [-0.39, 0.29) is 12.1 Å². The van der Waals surface area contributed by atoms with Crippen LogP contribution in [-0.2, 0) is 11.3 Å². The van der Waals surface area contributed by atoms with Gasteiger partial charge in [0.1, 0.15) is 0 Å². The normalized spacial score (nSPS) is 15.1. The SMILES string of the molecule is CCOC(C)C(NC)c1c(Br)cnn1CC. The van der Waals surface area contributed by atoms with Crippen LogP contribution in [0.4, 0.5) is 0 Å². The maximum absolute atomic E-state index is 5.65. The fourth-order valence-electron chi connectivity index (χ4n) is 1.89. The third-order valence-electron chi connectivity index (χ3n) is 2.64. The lowest BCUT2D eigenvalue weighted by Crippen LogP contribution is -2.31. The first kappa shape index (κ1) is 13.7. The average Bonchev–Trinajstić information content (AvgIpc) is 2.62. The molecular weight excluding hydrogens is 270 g/mol. The largest absolute Gasteiger partial charge is 0.377 e. The van der Waals surface area contributed by atoms with Gasteiger partial charge < -0.3 is 10.1 Å². The van der Waals surface area contributed by atoms with Crippen molar-refractivity contribution in [3.05, 3.63) is 16.4 Å². The smallest absolute Gasteiger partial charge is 0.0764 e. The molecule has 1 N–H and O–H groups in total. The Morgan fingerprint density at radius 2 is 2.25 bits per heavy atom. The second-order valence-electron chi connectivity index (χ2n) is 3.62. The number of ether oxygens (including phenoxy) is 1. The first-order valence-corrected chi connectivity index (χ1v) is 6.45. The highest BCUT2D eigenvalue weighted by molar-refractivity contribution is 9.10. The van der Waals surface area contributed by atoms with Crippen molar-refractivity contribution in [2.45, 2.75) is 39.5 Å². The molecule has 2 unspecified atom stereocenters. The predicted molar refractivity (Wildman–Crippen MR) is 68.5 cm³/mol. The summed E-state index contributed by atoms with van der Waals surface area (Å²) in [6.07, 6.45) is 1.95. The van der Waals surface area contributed by atoms with Crippen molar-refractivity contribution in [3.8, 4) is 0 Å². The highest BCUT2D eigenvalue weighted by Crippen LogP contribution is 2.26. The topological polar surface area (TPSA) is 39.1 Å². The molecule has 92 valence electrons. The zero-order valence-electron chi connectivity index (χ0n) is 10.3. The minimum Gasteiger partial charge on any atom is -0.377 e. The molecule has 0 bridgehead atoms. The van der Waals surface area contributed by atoms with Gasteiger partial charge in [-0.2, -0.15) is 5.10 Å². The van der Waals surface area contributed by atoms with Gasteiger partial charge in [-0.25, -0.2) is 0 Å². The maximum atomic E-state index is 5.65. The van der Waals surface area contributed by atoms with Crippen LogP contribution in [0, 0.1) is 0 Å². The van der Waals surface area contributed by atoms with Crippen LogP contribution in [0.3, 0.4) is 0 Å². The Hall–Kier alpha value is -0.390. The quantitative estimate of drug-likeness (QED) is 0.874. The number of rotatable bonds is 6. The summed E-state index contributed by atoms with van der Waals surface area (Å²) in [5.41, 5.74) is 1.14. The Labute approximate surface area is 105 Å². The summed E-state index contributed by atoms with van der Waals surface area (Å²) in [6, 6.07) is 0.150. The molecular formula is C11H20BrN3O. The number of nitrogens with one attached hydrogen (secondary N) is 1. The van der Waals surface area contributed by atoms with Gasteiger partial charge in [0.2, 0.25) is 0 Å². The molecule has 0 aromatic carbocycles. The average molecular weight is 290 g/mol. The van der Waals surface area contributed by atoms with E-state index in [1.54, 1.807) is 0 Å². The first-order valence-electron chi connectivity index (χ1n) is 5.65. The van der Waals surface area contributed by atoms with E-state index in [0.29, 0.717) is 0 Å². The van der Waals surface area contributed by atoms with Gasteiger partial charge in [0.15, 0.2) is 0 Å². The number of hydrogen-bond donors (Lipinski definition) is 1. The van der Waals surface area contributed by atoms with Crippen molar-refractivity contribution in [3.63, 3.8) is 0 Å². The number of nitrogens with zero attached hydrogens (tertiary/aromatic N) is 2. The van der Waals surface area contributed by atoms with Crippen LogP contribution in [0.2, 0.25) is 0 Å². The molecule has 0 radical (unpaired) electrons. The summed E-state index contributed by atoms with van der Waals surface area (Å²) in [6.45, 7) is 7.75. The monoisotopic (exact) mass is 289 g/mol. The van der Waals surface area contributed by atoms with Gasteiger partial charge in [0.25, 0.3) is 0 Å². The molecule has 5 heteroatoms. The molecule has 1 heterocycles. The molecule has 1 aromatic rings. The highest BCUT2D eigenvalue weighted by Gasteiger charge is 2.24. The molecule has 0 amide bonds. The van der Waals surface area contributed by atoms with E-state index in [9.17, 15) is 0 Å². The van der Waals surface area contributed by atoms with Gasteiger partial charge >= 0.3 is 0 Å². The van der Waals surface area contributed by atoms with E-state index >= 15 is 0 Å². The molecule has 0 spiro atoms. The summed E-state index contributed by atoms with van der Waals surface area (Å²) in [5, 5.41) is 7.61. The van der Waals surface area contributed by atoms with Crippen molar-refractivity contribution >= 4 is 15.9 Å². The van der Waals surface area contributed by atoms with Crippen LogP contribution < -0.4 is 5.32 Å².